The maximum Gasteiger partial charge on any atom is 0.345 e. The van der Waals surface area contributed by atoms with Crippen LogP contribution in [0.3, 0.4) is 0 Å². The van der Waals surface area contributed by atoms with E-state index >= 15 is 0 Å². The Bertz CT molecular complexity index is 1030. The van der Waals surface area contributed by atoms with Gasteiger partial charge in [0.2, 0.25) is 6.10 Å². The van der Waals surface area contributed by atoms with Crippen LogP contribution in [0.5, 0.6) is 0 Å². The van der Waals surface area contributed by atoms with Gasteiger partial charge in [0.25, 0.3) is 0 Å². The van der Waals surface area contributed by atoms with E-state index in [1.165, 1.54) is 25.3 Å². The summed E-state index contributed by atoms with van der Waals surface area (Å²) in [6.07, 6.45) is 12.0. The van der Waals surface area contributed by atoms with Gasteiger partial charge in [-0.3, -0.25) is 19.2 Å². The number of carbonyl (C=O) groups is 6. The summed E-state index contributed by atoms with van der Waals surface area (Å²) < 4.78 is 9.69. The minimum atomic E-state index is -3.06. The second-order valence-electron chi connectivity index (χ2n) is 9.64. The fourth-order valence-corrected chi connectivity index (χ4v) is 4.14. The third-order valence-corrected chi connectivity index (χ3v) is 6.39. The number of rotatable bonds is 20. The molecule has 1 saturated heterocycles. The topological polar surface area (TPSA) is 222 Å². The van der Waals surface area contributed by atoms with Crippen molar-refractivity contribution < 1.29 is 63.8 Å². The molecule has 0 amide bonds. The first-order valence-corrected chi connectivity index (χ1v) is 13.3. The summed E-state index contributed by atoms with van der Waals surface area (Å²) >= 11 is 0. The molecule has 0 aromatic carbocycles. The number of carbonyl (C=O) groups excluding carboxylic acids is 2. The van der Waals surface area contributed by atoms with Crippen molar-refractivity contribution in [3.63, 3.8) is 0 Å². The van der Waals surface area contributed by atoms with Gasteiger partial charge in [0, 0.05) is 6.42 Å². The number of carboxylic acids is 4. The Labute approximate surface area is 237 Å². The lowest BCUT2D eigenvalue weighted by atomic mass is 9.82. The molecular weight excluding hydrogens is 544 g/mol. The highest BCUT2D eigenvalue weighted by molar-refractivity contribution is 5.92. The molecule has 0 saturated carbocycles. The third kappa shape index (κ3) is 12.0. The van der Waals surface area contributed by atoms with Crippen molar-refractivity contribution in [2.45, 2.75) is 88.9 Å². The van der Waals surface area contributed by atoms with Crippen LogP contribution in [-0.2, 0) is 38.2 Å². The first kappa shape index (κ1) is 35.0. The van der Waals surface area contributed by atoms with Crippen LogP contribution in [0.4, 0.5) is 0 Å². The van der Waals surface area contributed by atoms with Crippen molar-refractivity contribution in [1.82, 2.24) is 0 Å². The molecule has 13 nitrogen and oxygen atoms in total. The van der Waals surface area contributed by atoms with Gasteiger partial charge in [0.15, 0.2) is 5.60 Å². The van der Waals surface area contributed by atoms with Crippen LogP contribution in [0.1, 0.15) is 71.1 Å². The third-order valence-electron chi connectivity index (χ3n) is 6.39. The van der Waals surface area contributed by atoms with E-state index in [1.807, 2.05) is 12.2 Å². The van der Waals surface area contributed by atoms with E-state index in [4.69, 9.17) is 14.9 Å². The number of carboxylic acid groups (broad SMARTS) is 4. The molecule has 5 N–H and O–H groups in total. The monoisotopic (exact) mass is 582 g/mol. The van der Waals surface area contributed by atoms with Crippen LogP contribution in [0, 0.1) is 11.8 Å². The molecule has 0 aromatic heterocycles. The Morgan fingerprint density at radius 3 is 2.15 bits per heavy atom. The lowest BCUT2D eigenvalue weighted by molar-refractivity contribution is -0.184. The number of aliphatic carboxylic acids is 4. The van der Waals surface area contributed by atoms with E-state index in [0.717, 1.165) is 12.8 Å². The maximum absolute atomic E-state index is 12.4. The lowest BCUT2D eigenvalue weighted by Gasteiger charge is -2.27. The van der Waals surface area contributed by atoms with Gasteiger partial charge in [-0.1, -0.05) is 50.1 Å². The predicted octanol–water partition coefficient (Wildman–Crippen LogP) is 2.71. The SMILES string of the molecule is CCCCC/C=C\C/C=C\CC/C=C/[C@H]1C[C@H]([C@](O)(CC(=O)O[C@@H](C(=O)O)[C@H](CC(=O)O)C(=O)O)C(=O)O)C(=O)O1. The highest BCUT2D eigenvalue weighted by Crippen LogP contribution is 2.35. The molecule has 1 aliphatic heterocycles. The zero-order chi connectivity index (χ0) is 31.0. The van der Waals surface area contributed by atoms with Crippen molar-refractivity contribution in [3.05, 3.63) is 36.5 Å². The molecule has 5 atom stereocenters. The molecule has 1 heterocycles. The van der Waals surface area contributed by atoms with Gasteiger partial charge >= 0.3 is 35.8 Å². The van der Waals surface area contributed by atoms with Crippen LogP contribution in [0.15, 0.2) is 36.5 Å². The summed E-state index contributed by atoms with van der Waals surface area (Å²) in [5.74, 6) is -14.2. The number of ether oxygens (including phenoxy) is 2. The van der Waals surface area contributed by atoms with Crippen LogP contribution in [-0.4, -0.2) is 79.2 Å². The first-order valence-electron chi connectivity index (χ1n) is 13.3. The van der Waals surface area contributed by atoms with Gasteiger partial charge in [-0.2, -0.15) is 0 Å². The van der Waals surface area contributed by atoms with E-state index < -0.39 is 78.3 Å². The number of unbranched alkanes of at least 4 members (excludes halogenated alkanes) is 4. The summed E-state index contributed by atoms with van der Waals surface area (Å²) in [7, 11) is 0. The molecule has 13 heteroatoms. The molecular formula is C28H38O13. The minimum Gasteiger partial charge on any atom is -0.481 e. The van der Waals surface area contributed by atoms with Gasteiger partial charge in [0.1, 0.15) is 17.9 Å². The molecule has 0 aromatic rings. The summed E-state index contributed by atoms with van der Waals surface area (Å²) in [5.41, 5.74) is -3.06. The number of hydrogen-bond donors (Lipinski definition) is 5. The van der Waals surface area contributed by atoms with Gasteiger partial charge in [-0.25, -0.2) is 9.59 Å². The summed E-state index contributed by atoms with van der Waals surface area (Å²) in [5, 5.41) is 47.6. The summed E-state index contributed by atoms with van der Waals surface area (Å²) in [6, 6.07) is 0. The molecule has 0 aliphatic carbocycles. The summed E-state index contributed by atoms with van der Waals surface area (Å²) in [4.78, 5) is 70.4. The second kappa shape index (κ2) is 17.6. The maximum atomic E-state index is 12.4. The number of cyclic esters (lactones) is 1. The van der Waals surface area contributed by atoms with Crippen LogP contribution < -0.4 is 0 Å². The minimum absolute atomic E-state index is 0.302. The fourth-order valence-electron chi connectivity index (χ4n) is 4.14. The van der Waals surface area contributed by atoms with Crippen molar-refractivity contribution in [2.75, 3.05) is 0 Å². The Balaban J connectivity index is 2.74. The smallest absolute Gasteiger partial charge is 0.345 e. The van der Waals surface area contributed by atoms with Crippen molar-refractivity contribution in [2.24, 2.45) is 11.8 Å². The van der Waals surface area contributed by atoms with Crippen LogP contribution in [0.25, 0.3) is 0 Å². The number of allylic oxidation sites excluding steroid dienone is 5. The molecule has 0 bridgehead atoms. The Morgan fingerprint density at radius 1 is 0.951 bits per heavy atom. The van der Waals surface area contributed by atoms with E-state index in [-0.39, 0.29) is 6.42 Å². The van der Waals surface area contributed by atoms with Crippen LogP contribution >= 0.6 is 0 Å². The van der Waals surface area contributed by atoms with Gasteiger partial charge in [-0.05, 0) is 38.2 Å². The normalized spacial score (nSPS) is 20.1. The average molecular weight is 583 g/mol. The highest BCUT2D eigenvalue weighted by atomic mass is 16.6. The average Bonchev–Trinajstić information content (AvgIpc) is 3.26. The molecule has 0 unspecified atom stereocenters. The van der Waals surface area contributed by atoms with Crippen LogP contribution in [0.2, 0.25) is 0 Å². The molecule has 1 rings (SSSR count). The molecule has 1 fully saturated rings. The molecule has 1 aliphatic rings. The number of esters is 2. The Kier molecular flexibility index (Phi) is 15.1. The Morgan fingerprint density at radius 2 is 1.59 bits per heavy atom. The highest BCUT2D eigenvalue weighted by Gasteiger charge is 2.55. The standard InChI is InChI=1S/C28H38O13/c1-2-3-4-5-6-7-8-9-10-11-12-13-14-18-15-20(26(36)40-18)28(39,27(37)38)17-22(31)41-23(25(34)35)19(24(32)33)16-21(29)30/h6-7,9-10,13-14,18-20,23,39H,2-5,8,11-12,15-17H2,1H3,(H,29,30)(H,32,33)(H,34,35)(H,37,38)/b7-6-,10-9-,14-13+/t18-,19-,20-,23+,28+/m0/s1. The molecule has 41 heavy (non-hydrogen) atoms. The lowest BCUT2D eigenvalue weighted by Crippen LogP contribution is -2.50. The predicted molar refractivity (Wildman–Crippen MR) is 141 cm³/mol. The van der Waals surface area contributed by atoms with Gasteiger partial charge in [-0.15, -0.1) is 0 Å². The number of hydrogen-bond acceptors (Lipinski definition) is 9. The van der Waals surface area contributed by atoms with E-state index in [0.29, 0.717) is 12.8 Å². The van der Waals surface area contributed by atoms with E-state index in [1.54, 1.807) is 6.08 Å². The van der Waals surface area contributed by atoms with Crippen molar-refractivity contribution >= 4 is 35.8 Å². The zero-order valence-corrected chi connectivity index (χ0v) is 22.8. The largest absolute Gasteiger partial charge is 0.481 e. The molecule has 0 spiro atoms. The zero-order valence-electron chi connectivity index (χ0n) is 22.8. The first-order chi connectivity index (χ1) is 19.3. The fraction of sp³-hybridized carbons (Fsp3) is 0.571. The Hall–Kier alpha value is -4.00. The van der Waals surface area contributed by atoms with Crippen molar-refractivity contribution in [1.29, 1.82) is 0 Å². The van der Waals surface area contributed by atoms with E-state index in [9.17, 15) is 44.1 Å². The quantitative estimate of drug-likeness (QED) is 0.0792. The van der Waals surface area contributed by atoms with Crippen molar-refractivity contribution in [3.8, 4) is 0 Å². The second-order valence-corrected chi connectivity index (χ2v) is 9.64. The molecule has 228 valence electrons. The number of aliphatic hydroxyl groups is 1. The van der Waals surface area contributed by atoms with E-state index in [2.05, 4.69) is 23.8 Å². The summed E-state index contributed by atoms with van der Waals surface area (Å²) in [6.45, 7) is 2.15. The van der Waals surface area contributed by atoms with Gasteiger partial charge < -0.3 is 35.0 Å². The van der Waals surface area contributed by atoms with Gasteiger partial charge in [0.05, 0.1) is 12.8 Å². The molecule has 0 radical (unpaired) electrons.